The Morgan fingerprint density at radius 1 is 1.00 bits per heavy atom. The van der Waals surface area contributed by atoms with Crippen LogP contribution in [0.4, 0.5) is 5.69 Å². The molecule has 0 fully saturated rings. The second-order valence-electron chi connectivity index (χ2n) is 8.35. The lowest BCUT2D eigenvalue weighted by Crippen LogP contribution is -2.30. The molecule has 4 rings (SSSR count). The van der Waals surface area contributed by atoms with Crippen molar-refractivity contribution >= 4 is 17.4 Å². The Hall–Kier alpha value is -3.93. The highest BCUT2D eigenvalue weighted by molar-refractivity contribution is 6.09. The standard InChI is InChI=1S/C27H27N3O3/c1-29(2)22-13-11-21(12-14-22)25-24(23(31)15-10-19-7-4-3-5-8-19)26(32)27(33)30(25)18-20-9-6-16-28-17-20/h3-9,11-14,16-17,25,32H,10,15,18H2,1-2H3. The van der Waals surface area contributed by atoms with Crippen molar-refractivity contribution in [3.05, 3.63) is 107 Å². The number of anilines is 1. The van der Waals surface area contributed by atoms with Gasteiger partial charge in [0.25, 0.3) is 5.91 Å². The second-order valence-corrected chi connectivity index (χ2v) is 8.35. The molecule has 0 bridgehead atoms. The number of hydrogen-bond donors (Lipinski definition) is 1. The molecule has 1 N–H and O–H groups in total. The van der Waals surface area contributed by atoms with E-state index in [9.17, 15) is 14.7 Å². The van der Waals surface area contributed by atoms with E-state index in [1.54, 1.807) is 23.4 Å². The van der Waals surface area contributed by atoms with Crippen LogP contribution in [0.25, 0.3) is 0 Å². The molecule has 1 amide bonds. The molecule has 0 saturated heterocycles. The maximum atomic E-state index is 13.3. The molecule has 6 heteroatoms. The van der Waals surface area contributed by atoms with Crippen LogP contribution in [0, 0.1) is 0 Å². The van der Waals surface area contributed by atoms with E-state index in [1.165, 1.54) is 0 Å². The van der Waals surface area contributed by atoms with Gasteiger partial charge in [0.1, 0.15) is 0 Å². The number of carbonyl (C=O) groups excluding carboxylic acids is 2. The van der Waals surface area contributed by atoms with Crippen LogP contribution in [0.1, 0.15) is 29.2 Å². The van der Waals surface area contributed by atoms with E-state index in [0.717, 1.165) is 22.4 Å². The van der Waals surface area contributed by atoms with Gasteiger partial charge >= 0.3 is 0 Å². The molecule has 168 valence electrons. The molecule has 0 radical (unpaired) electrons. The third-order valence-electron chi connectivity index (χ3n) is 5.89. The summed E-state index contributed by atoms with van der Waals surface area (Å²) in [5.74, 6) is -1.22. The number of pyridine rings is 1. The first-order valence-electron chi connectivity index (χ1n) is 10.9. The summed E-state index contributed by atoms with van der Waals surface area (Å²) in [4.78, 5) is 34.1. The van der Waals surface area contributed by atoms with Crippen LogP contribution in [-0.2, 0) is 22.6 Å². The largest absolute Gasteiger partial charge is 0.503 e. The van der Waals surface area contributed by atoms with Crippen molar-refractivity contribution in [2.24, 2.45) is 0 Å². The van der Waals surface area contributed by atoms with Gasteiger partial charge in [-0.05, 0) is 41.3 Å². The first-order chi connectivity index (χ1) is 16.0. The molecule has 1 atom stereocenters. The number of aliphatic hydroxyl groups excluding tert-OH is 1. The zero-order chi connectivity index (χ0) is 23.4. The van der Waals surface area contributed by atoms with E-state index in [2.05, 4.69) is 4.98 Å². The minimum atomic E-state index is -0.655. The Balaban J connectivity index is 1.67. The van der Waals surface area contributed by atoms with Gasteiger partial charge in [-0.1, -0.05) is 48.5 Å². The highest BCUT2D eigenvalue weighted by atomic mass is 16.3. The second kappa shape index (κ2) is 9.69. The van der Waals surface area contributed by atoms with Gasteiger partial charge in [-0.2, -0.15) is 0 Å². The lowest BCUT2D eigenvalue weighted by Gasteiger charge is -2.27. The van der Waals surface area contributed by atoms with Crippen molar-refractivity contribution in [1.29, 1.82) is 0 Å². The summed E-state index contributed by atoms with van der Waals surface area (Å²) < 4.78 is 0. The molecular weight excluding hydrogens is 414 g/mol. The maximum Gasteiger partial charge on any atom is 0.290 e. The SMILES string of the molecule is CN(C)c1ccc(C2C(C(=O)CCc3ccccc3)=C(O)C(=O)N2Cc2cccnc2)cc1. The average molecular weight is 442 g/mol. The zero-order valence-corrected chi connectivity index (χ0v) is 18.8. The van der Waals surface area contributed by atoms with Crippen LogP contribution in [0.15, 0.2) is 90.5 Å². The first kappa shape index (κ1) is 22.3. The number of amides is 1. The predicted octanol–water partition coefficient (Wildman–Crippen LogP) is 4.25. The third-order valence-corrected chi connectivity index (χ3v) is 5.89. The highest BCUT2D eigenvalue weighted by Gasteiger charge is 2.43. The Morgan fingerprint density at radius 3 is 2.33 bits per heavy atom. The first-order valence-corrected chi connectivity index (χ1v) is 10.9. The molecule has 0 saturated carbocycles. The van der Waals surface area contributed by atoms with Crippen LogP contribution in [0.5, 0.6) is 0 Å². The molecule has 6 nitrogen and oxygen atoms in total. The molecule has 1 aliphatic rings. The van der Waals surface area contributed by atoms with Crippen molar-refractivity contribution < 1.29 is 14.7 Å². The summed E-state index contributed by atoms with van der Waals surface area (Å²) in [6, 6.07) is 20.5. The number of ketones is 1. The number of carbonyl (C=O) groups is 2. The molecule has 1 aromatic heterocycles. The lowest BCUT2D eigenvalue weighted by molar-refractivity contribution is -0.130. The fourth-order valence-electron chi connectivity index (χ4n) is 4.13. The Labute approximate surface area is 193 Å². The molecule has 33 heavy (non-hydrogen) atoms. The van der Waals surface area contributed by atoms with Gasteiger partial charge in [0.2, 0.25) is 0 Å². The highest BCUT2D eigenvalue weighted by Crippen LogP contribution is 2.39. The Morgan fingerprint density at radius 2 is 1.70 bits per heavy atom. The smallest absolute Gasteiger partial charge is 0.290 e. The van der Waals surface area contributed by atoms with Gasteiger partial charge in [0.05, 0.1) is 11.6 Å². The van der Waals surface area contributed by atoms with E-state index in [0.29, 0.717) is 6.42 Å². The monoisotopic (exact) mass is 441 g/mol. The number of aryl methyl sites for hydroxylation is 1. The van der Waals surface area contributed by atoms with E-state index in [1.807, 2.05) is 79.7 Å². The van der Waals surface area contributed by atoms with E-state index in [-0.39, 0.29) is 24.3 Å². The Bertz CT molecular complexity index is 1160. The van der Waals surface area contributed by atoms with Crippen molar-refractivity contribution in [3.63, 3.8) is 0 Å². The quantitative estimate of drug-likeness (QED) is 0.566. The molecule has 0 spiro atoms. The zero-order valence-electron chi connectivity index (χ0n) is 18.8. The van der Waals surface area contributed by atoms with Crippen molar-refractivity contribution in [1.82, 2.24) is 9.88 Å². The summed E-state index contributed by atoms with van der Waals surface area (Å²) in [5.41, 5.74) is 3.82. The lowest BCUT2D eigenvalue weighted by atomic mass is 9.93. The topological polar surface area (TPSA) is 73.7 Å². The van der Waals surface area contributed by atoms with Crippen LogP contribution in [-0.4, -0.2) is 40.8 Å². The number of benzene rings is 2. The number of aromatic nitrogens is 1. The summed E-state index contributed by atoms with van der Waals surface area (Å²) in [7, 11) is 3.90. The predicted molar refractivity (Wildman–Crippen MR) is 128 cm³/mol. The van der Waals surface area contributed by atoms with Gasteiger partial charge in [-0.25, -0.2) is 0 Å². The minimum Gasteiger partial charge on any atom is -0.503 e. The van der Waals surface area contributed by atoms with Crippen molar-refractivity contribution in [3.8, 4) is 0 Å². The summed E-state index contributed by atoms with van der Waals surface area (Å²) in [6.45, 7) is 0.242. The molecule has 2 heterocycles. The van der Waals surface area contributed by atoms with E-state index < -0.39 is 17.7 Å². The fraction of sp³-hybridized carbons (Fsp3) is 0.222. The third kappa shape index (κ3) is 4.80. The van der Waals surface area contributed by atoms with Crippen LogP contribution < -0.4 is 4.90 Å². The molecule has 3 aromatic rings. The summed E-state index contributed by atoms with van der Waals surface area (Å²) in [6.07, 6.45) is 4.11. The number of hydrogen-bond acceptors (Lipinski definition) is 5. The van der Waals surface area contributed by atoms with Crippen molar-refractivity contribution in [2.45, 2.75) is 25.4 Å². The van der Waals surface area contributed by atoms with Gasteiger partial charge in [0, 0.05) is 45.1 Å². The summed E-state index contributed by atoms with van der Waals surface area (Å²) in [5, 5.41) is 10.8. The number of aliphatic hydroxyl groups is 1. The number of nitrogens with zero attached hydrogens (tertiary/aromatic N) is 3. The van der Waals surface area contributed by atoms with Gasteiger partial charge in [-0.3, -0.25) is 14.6 Å². The average Bonchev–Trinajstić information content (AvgIpc) is 3.09. The summed E-state index contributed by atoms with van der Waals surface area (Å²) >= 11 is 0. The van der Waals surface area contributed by atoms with Gasteiger partial charge < -0.3 is 14.9 Å². The normalized spacial score (nSPS) is 15.8. The van der Waals surface area contributed by atoms with E-state index >= 15 is 0 Å². The van der Waals surface area contributed by atoms with Gasteiger partial charge in [0.15, 0.2) is 11.5 Å². The van der Waals surface area contributed by atoms with Crippen LogP contribution >= 0.6 is 0 Å². The molecule has 2 aromatic carbocycles. The Kier molecular flexibility index (Phi) is 6.54. The molecule has 1 unspecified atom stereocenters. The van der Waals surface area contributed by atoms with Crippen LogP contribution in [0.3, 0.4) is 0 Å². The van der Waals surface area contributed by atoms with Gasteiger partial charge in [-0.15, -0.1) is 0 Å². The minimum absolute atomic E-state index is 0.164. The fourth-order valence-corrected chi connectivity index (χ4v) is 4.13. The molecule has 0 aliphatic carbocycles. The van der Waals surface area contributed by atoms with E-state index in [4.69, 9.17) is 0 Å². The maximum absolute atomic E-state index is 13.3. The number of Topliss-reactive ketones (excluding diaryl/α,β-unsaturated/α-hetero) is 1. The van der Waals surface area contributed by atoms with Crippen LogP contribution in [0.2, 0.25) is 0 Å². The van der Waals surface area contributed by atoms with Crippen molar-refractivity contribution in [2.75, 3.05) is 19.0 Å². The molecule has 1 aliphatic heterocycles. The molecular formula is C27H27N3O3. The number of rotatable bonds is 8.